The van der Waals surface area contributed by atoms with Crippen LogP contribution in [-0.4, -0.2) is 34.9 Å². The summed E-state index contributed by atoms with van der Waals surface area (Å²) in [5.74, 6) is 0.735. The zero-order valence-corrected chi connectivity index (χ0v) is 13.7. The van der Waals surface area contributed by atoms with Crippen LogP contribution in [0.1, 0.15) is 46.8 Å². The van der Waals surface area contributed by atoms with Gasteiger partial charge in [0, 0.05) is 24.0 Å². The Bertz CT molecular complexity index is 633. The molecular weight excluding hydrogens is 276 g/mol. The molecule has 1 atom stereocenters. The lowest BCUT2D eigenvalue weighted by Crippen LogP contribution is -2.29. The largest absolute Gasteiger partial charge is 0.344 e. The molecule has 0 saturated heterocycles. The molecule has 22 heavy (non-hydrogen) atoms. The lowest BCUT2D eigenvalue weighted by molar-refractivity contribution is 0.0933. The van der Waals surface area contributed by atoms with Crippen LogP contribution in [-0.2, 0) is 6.54 Å². The van der Waals surface area contributed by atoms with E-state index in [1.54, 1.807) is 6.20 Å². The lowest BCUT2D eigenvalue weighted by atomic mass is 10.1. The number of amides is 1. The number of rotatable bonds is 6. The summed E-state index contributed by atoms with van der Waals surface area (Å²) in [6, 6.07) is 7.64. The Morgan fingerprint density at radius 3 is 2.77 bits per heavy atom. The zero-order chi connectivity index (χ0) is 16.1. The van der Waals surface area contributed by atoms with Crippen LogP contribution in [0.15, 0.2) is 30.5 Å². The molecule has 0 unspecified atom stereocenters. The number of aromatic nitrogens is 2. The molecule has 1 aromatic heterocycles. The smallest absolute Gasteiger partial charge is 0.251 e. The van der Waals surface area contributed by atoms with Crippen molar-refractivity contribution in [3.8, 4) is 0 Å². The molecule has 2 aromatic rings. The molecule has 0 fully saturated rings. The van der Waals surface area contributed by atoms with Crippen molar-refractivity contribution >= 4 is 5.91 Å². The second-order valence-corrected chi connectivity index (χ2v) is 5.82. The minimum Gasteiger partial charge on any atom is -0.344 e. The van der Waals surface area contributed by atoms with Gasteiger partial charge in [0.25, 0.3) is 5.91 Å². The summed E-state index contributed by atoms with van der Waals surface area (Å²) in [5, 5.41) is 3.05. The van der Waals surface area contributed by atoms with E-state index in [1.165, 1.54) is 0 Å². The number of nitrogens with one attached hydrogen (secondary N) is 2. The predicted molar refractivity (Wildman–Crippen MR) is 87.7 cm³/mol. The van der Waals surface area contributed by atoms with Gasteiger partial charge in [0.15, 0.2) is 0 Å². The molecule has 1 heterocycles. The highest BCUT2D eigenvalue weighted by Gasteiger charge is 2.16. The Labute approximate surface area is 131 Å². The zero-order valence-electron chi connectivity index (χ0n) is 13.7. The third-order valence-corrected chi connectivity index (χ3v) is 3.45. The molecule has 0 spiro atoms. The average molecular weight is 300 g/mol. The predicted octanol–water partition coefficient (Wildman–Crippen LogP) is 2.66. The van der Waals surface area contributed by atoms with Crippen molar-refractivity contribution in [2.45, 2.75) is 32.9 Å². The molecule has 1 amide bonds. The monoisotopic (exact) mass is 300 g/mol. The van der Waals surface area contributed by atoms with Crippen molar-refractivity contribution in [2.24, 2.45) is 0 Å². The minimum absolute atomic E-state index is 0.0680. The van der Waals surface area contributed by atoms with Crippen molar-refractivity contribution in [1.82, 2.24) is 20.2 Å². The number of H-pyrrole nitrogens is 1. The molecule has 0 bridgehead atoms. The van der Waals surface area contributed by atoms with Gasteiger partial charge in [-0.05, 0) is 45.1 Å². The van der Waals surface area contributed by atoms with Crippen LogP contribution in [0.25, 0.3) is 0 Å². The Balaban J connectivity index is 2.10. The second kappa shape index (κ2) is 7.22. The summed E-state index contributed by atoms with van der Waals surface area (Å²) in [4.78, 5) is 22.0. The summed E-state index contributed by atoms with van der Waals surface area (Å²) in [6.45, 7) is 4.80. The number of aromatic amines is 1. The van der Waals surface area contributed by atoms with E-state index in [9.17, 15) is 4.79 Å². The fourth-order valence-electron chi connectivity index (χ4n) is 2.39. The Hall–Kier alpha value is -2.14. The maximum Gasteiger partial charge on any atom is 0.251 e. The number of nitrogens with zero attached hydrogens (tertiary/aromatic N) is 2. The second-order valence-electron chi connectivity index (χ2n) is 5.82. The number of carbonyl (C=O) groups excluding carboxylic acids is 1. The quantitative estimate of drug-likeness (QED) is 0.862. The Morgan fingerprint density at radius 2 is 2.18 bits per heavy atom. The van der Waals surface area contributed by atoms with E-state index in [0.29, 0.717) is 5.56 Å². The van der Waals surface area contributed by atoms with E-state index in [4.69, 9.17) is 0 Å². The van der Waals surface area contributed by atoms with Crippen molar-refractivity contribution in [3.05, 3.63) is 53.1 Å². The van der Waals surface area contributed by atoms with E-state index in [2.05, 4.69) is 20.2 Å². The number of imidazole rings is 1. The molecule has 0 aliphatic rings. The topological polar surface area (TPSA) is 61.0 Å². The Morgan fingerprint density at radius 1 is 1.41 bits per heavy atom. The number of aryl methyl sites for hydroxylation is 1. The van der Waals surface area contributed by atoms with Gasteiger partial charge in [0.1, 0.15) is 5.82 Å². The van der Waals surface area contributed by atoms with Crippen LogP contribution >= 0.6 is 0 Å². The SMILES string of the molecule is CC[C@H](NC(=O)c1cccc(CN(C)C)c1)c1ncc(C)[nH]1. The first kappa shape index (κ1) is 16.2. The van der Waals surface area contributed by atoms with E-state index >= 15 is 0 Å². The molecule has 1 aromatic carbocycles. The Kier molecular flexibility index (Phi) is 5.33. The summed E-state index contributed by atoms with van der Waals surface area (Å²) in [6.07, 6.45) is 2.57. The van der Waals surface area contributed by atoms with E-state index in [-0.39, 0.29) is 11.9 Å². The standard InChI is InChI=1S/C17H24N4O/c1-5-15(16-18-10-12(2)19-16)20-17(22)14-8-6-7-13(9-14)11-21(3)4/h6-10,15H,5,11H2,1-4H3,(H,18,19)(H,20,22)/t15-/m0/s1. The third-order valence-electron chi connectivity index (χ3n) is 3.45. The van der Waals surface area contributed by atoms with Gasteiger partial charge in [-0.1, -0.05) is 19.1 Å². The molecule has 0 aliphatic heterocycles. The lowest BCUT2D eigenvalue weighted by Gasteiger charge is -2.16. The van der Waals surface area contributed by atoms with E-state index < -0.39 is 0 Å². The van der Waals surface area contributed by atoms with Crippen LogP contribution < -0.4 is 5.32 Å². The fourth-order valence-corrected chi connectivity index (χ4v) is 2.39. The maximum atomic E-state index is 12.5. The number of carbonyl (C=O) groups is 1. The van der Waals surface area contributed by atoms with Crippen LogP contribution in [0.4, 0.5) is 0 Å². The molecule has 5 nitrogen and oxygen atoms in total. The molecule has 2 N–H and O–H groups in total. The van der Waals surface area contributed by atoms with Crippen LogP contribution in [0.3, 0.4) is 0 Å². The van der Waals surface area contributed by atoms with Gasteiger partial charge in [-0.15, -0.1) is 0 Å². The minimum atomic E-state index is -0.0984. The first-order chi connectivity index (χ1) is 10.5. The van der Waals surface area contributed by atoms with Crippen molar-refractivity contribution in [2.75, 3.05) is 14.1 Å². The van der Waals surface area contributed by atoms with Gasteiger partial charge in [0.2, 0.25) is 0 Å². The molecule has 2 rings (SSSR count). The van der Waals surface area contributed by atoms with Gasteiger partial charge < -0.3 is 15.2 Å². The third kappa shape index (κ3) is 4.18. The van der Waals surface area contributed by atoms with Gasteiger partial charge >= 0.3 is 0 Å². The maximum absolute atomic E-state index is 12.5. The number of hydrogen-bond acceptors (Lipinski definition) is 3. The van der Waals surface area contributed by atoms with Gasteiger partial charge in [-0.3, -0.25) is 4.79 Å². The highest BCUT2D eigenvalue weighted by atomic mass is 16.1. The van der Waals surface area contributed by atoms with E-state index in [0.717, 1.165) is 30.0 Å². The van der Waals surface area contributed by atoms with Crippen molar-refractivity contribution in [3.63, 3.8) is 0 Å². The molecule has 0 aliphatic carbocycles. The van der Waals surface area contributed by atoms with E-state index in [1.807, 2.05) is 52.2 Å². The molecule has 0 saturated carbocycles. The number of benzene rings is 1. The normalized spacial score (nSPS) is 12.4. The molecule has 0 radical (unpaired) electrons. The van der Waals surface area contributed by atoms with Crippen molar-refractivity contribution < 1.29 is 4.79 Å². The van der Waals surface area contributed by atoms with Crippen LogP contribution in [0.2, 0.25) is 0 Å². The average Bonchev–Trinajstić information content (AvgIpc) is 2.90. The first-order valence-electron chi connectivity index (χ1n) is 7.55. The molecule has 118 valence electrons. The van der Waals surface area contributed by atoms with Crippen molar-refractivity contribution in [1.29, 1.82) is 0 Å². The van der Waals surface area contributed by atoms with Gasteiger partial charge in [-0.25, -0.2) is 4.98 Å². The van der Waals surface area contributed by atoms with Gasteiger partial charge in [-0.2, -0.15) is 0 Å². The summed E-state index contributed by atoms with van der Waals surface area (Å²) < 4.78 is 0. The fraction of sp³-hybridized carbons (Fsp3) is 0.412. The summed E-state index contributed by atoms with van der Waals surface area (Å²) in [5.41, 5.74) is 2.80. The highest BCUT2D eigenvalue weighted by molar-refractivity contribution is 5.94. The van der Waals surface area contributed by atoms with Crippen LogP contribution in [0.5, 0.6) is 0 Å². The molecule has 5 heteroatoms. The molecular formula is C17H24N4O. The number of hydrogen-bond donors (Lipinski definition) is 2. The highest BCUT2D eigenvalue weighted by Crippen LogP contribution is 2.15. The van der Waals surface area contributed by atoms with Crippen LogP contribution in [0, 0.1) is 6.92 Å². The summed E-state index contributed by atoms with van der Waals surface area (Å²) in [7, 11) is 4.03. The summed E-state index contributed by atoms with van der Waals surface area (Å²) >= 11 is 0. The first-order valence-corrected chi connectivity index (χ1v) is 7.55. The van der Waals surface area contributed by atoms with Gasteiger partial charge in [0.05, 0.1) is 6.04 Å².